The van der Waals surface area contributed by atoms with Gasteiger partial charge in [-0.2, -0.15) is 0 Å². The van der Waals surface area contributed by atoms with Gasteiger partial charge in [0.25, 0.3) is 5.91 Å². The lowest BCUT2D eigenvalue weighted by Crippen LogP contribution is -2.27. The van der Waals surface area contributed by atoms with Crippen molar-refractivity contribution in [3.05, 3.63) is 71.7 Å². The highest BCUT2D eigenvalue weighted by Gasteiger charge is 2.19. The molecule has 0 unspecified atom stereocenters. The number of hydrogen-bond donors (Lipinski definition) is 0. The van der Waals surface area contributed by atoms with E-state index in [2.05, 4.69) is 4.98 Å². The number of hydrogen-bond acceptors (Lipinski definition) is 2. The molecule has 1 amide bonds. The van der Waals surface area contributed by atoms with Gasteiger partial charge in [-0.15, -0.1) is 0 Å². The Kier molecular flexibility index (Phi) is 3.44. The Hall–Kier alpha value is -2.62. The van der Waals surface area contributed by atoms with Crippen LogP contribution >= 0.6 is 0 Å². The van der Waals surface area contributed by atoms with Crippen molar-refractivity contribution in [2.45, 2.75) is 13.5 Å². The summed E-state index contributed by atoms with van der Waals surface area (Å²) < 4.78 is 1.85. The molecule has 1 aromatic carbocycles. The van der Waals surface area contributed by atoms with Crippen LogP contribution in [0.5, 0.6) is 0 Å². The molecule has 0 atom stereocenters. The number of pyridine rings is 1. The summed E-state index contributed by atoms with van der Waals surface area (Å²) in [5.41, 5.74) is 3.29. The molecule has 0 saturated heterocycles. The quantitative estimate of drug-likeness (QED) is 0.739. The molecule has 4 heteroatoms. The van der Waals surface area contributed by atoms with Crippen LogP contribution in [0.2, 0.25) is 0 Å². The molecule has 3 rings (SSSR count). The third-order valence-corrected chi connectivity index (χ3v) is 3.52. The molecule has 2 aromatic heterocycles. The first-order valence-electron chi connectivity index (χ1n) is 6.90. The molecule has 4 nitrogen and oxygen atoms in total. The van der Waals surface area contributed by atoms with Crippen LogP contribution in [0.1, 0.15) is 21.7 Å². The highest BCUT2D eigenvalue weighted by Crippen LogP contribution is 2.15. The summed E-state index contributed by atoms with van der Waals surface area (Å²) in [6.07, 6.45) is 1.87. The summed E-state index contributed by atoms with van der Waals surface area (Å²) >= 11 is 0. The largest absolute Gasteiger partial charge is 0.336 e. The Bertz CT molecular complexity index is 777. The number of fused-ring (bicyclic) bond motifs is 1. The van der Waals surface area contributed by atoms with Gasteiger partial charge < -0.3 is 4.90 Å². The van der Waals surface area contributed by atoms with Crippen molar-refractivity contribution >= 4 is 11.6 Å². The number of imidazole rings is 1. The fourth-order valence-electron chi connectivity index (χ4n) is 2.48. The Balaban J connectivity index is 1.91. The molecule has 0 fully saturated rings. The lowest BCUT2D eigenvalue weighted by molar-refractivity contribution is 0.0777. The molecule has 0 N–H and O–H groups in total. The molecule has 0 aliphatic rings. The van der Waals surface area contributed by atoms with E-state index < -0.39 is 0 Å². The second kappa shape index (κ2) is 5.40. The maximum absolute atomic E-state index is 12.7. The smallest absolute Gasteiger partial charge is 0.272 e. The van der Waals surface area contributed by atoms with E-state index >= 15 is 0 Å². The molecule has 0 radical (unpaired) electrons. The molecule has 21 heavy (non-hydrogen) atoms. The van der Waals surface area contributed by atoms with Crippen LogP contribution in [0, 0.1) is 6.92 Å². The van der Waals surface area contributed by atoms with Gasteiger partial charge >= 0.3 is 0 Å². The summed E-state index contributed by atoms with van der Waals surface area (Å²) in [6, 6.07) is 15.7. The standard InChI is InChI=1S/C17H17N3O/c1-13-16(20-11-7-6-10-15(20)18-13)17(21)19(2)12-14-8-4-3-5-9-14/h3-11H,12H2,1-2H3. The highest BCUT2D eigenvalue weighted by atomic mass is 16.2. The summed E-state index contributed by atoms with van der Waals surface area (Å²) in [5, 5.41) is 0. The molecule has 3 aromatic rings. The number of aryl methyl sites for hydroxylation is 1. The number of aromatic nitrogens is 2. The van der Waals surface area contributed by atoms with Crippen molar-refractivity contribution in [2.75, 3.05) is 7.05 Å². The molecule has 0 bridgehead atoms. The first-order chi connectivity index (χ1) is 10.2. The van der Waals surface area contributed by atoms with Gasteiger partial charge in [0.1, 0.15) is 11.3 Å². The Morgan fingerprint density at radius 2 is 1.86 bits per heavy atom. The summed E-state index contributed by atoms with van der Waals surface area (Å²) in [7, 11) is 1.82. The van der Waals surface area contributed by atoms with E-state index in [-0.39, 0.29) is 5.91 Å². The number of benzene rings is 1. The first kappa shape index (κ1) is 13.4. The Labute approximate surface area is 123 Å². The van der Waals surface area contributed by atoms with Crippen LogP contribution < -0.4 is 0 Å². The second-order valence-electron chi connectivity index (χ2n) is 5.12. The van der Waals surface area contributed by atoms with Gasteiger partial charge in [0.05, 0.1) is 5.69 Å². The summed E-state index contributed by atoms with van der Waals surface area (Å²) in [4.78, 5) is 18.9. The van der Waals surface area contributed by atoms with E-state index in [0.717, 1.165) is 16.9 Å². The van der Waals surface area contributed by atoms with Gasteiger partial charge in [0.2, 0.25) is 0 Å². The van der Waals surface area contributed by atoms with E-state index in [1.165, 1.54) is 0 Å². The molecular formula is C17H17N3O. The van der Waals surface area contributed by atoms with E-state index in [9.17, 15) is 4.79 Å². The number of rotatable bonds is 3. The van der Waals surface area contributed by atoms with Crippen molar-refractivity contribution in [3.63, 3.8) is 0 Å². The molecule has 0 saturated carbocycles. The van der Waals surface area contributed by atoms with Crippen LogP contribution in [0.4, 0.5) is 0 Å². The van der Waals surface area contributed by atoms with Crippen LogP contribution in [0.3, 0.4) is 0 Å². The van der Waals surface area contributed by atoms with Gasteiger partial charge in [-0.25, -0.2) is 4.98 Å². The van der Waals surface area contributed by atoms with E-state index in [1.807, 2.05) is 73.1 Å². The zero-order valence-electron chi connectivity index (χ0n) is 12.2. The number of carbonyl (C=O) groups excluding carboxylic acids is 1. The summed E-state index contributed by atoms with van der Waals surface area (Å²) in [5.74, 6) is -0.0185. The first-order valence-corrected chi connectivity index (χ1v) is 6.90. The van der Waals surface area contributed by atoms with Gasteiger partial charge in [0, 0.05) is 19.8 Å². The average Bonchev–Trinajstić information content (AvgIpc) is 2.83. The van der Waals surface area contributed by atoms with Gasteiger partial charge in [-0.3, -0.25) is 9.20 Å². The topological polar surface area (TPSA) is 37.6 Å². The maximum Gasteiger partial charge on any atom is 0.272 e. The monoisotopic (exact) mass is 279 g/mol. The Morgan fingerprint density at radius 1 is 1.14 bits per heavy atom. The SMILES string of the molecule is Cc1nc2ccccn2c1C(=O)N(C)Cc1ccccc1. The summed E-state index contributed by atoms with van der Waals surface area (Å²) in [6.45, 7) is 2.45. The predicted octanol–water partition coefficient (Wildman–Crippen LogP) is 2.91. The molecule has 106 valence electrons. The minimum atomic E-state index is -0.0185. The fourth-order valence-corrected chi connectivity index (χ4v) is 2.48. The number of amides is 1. The van der Waals surface area contributed by atoms with Crippen molar-refractivity contribution in [2.24, 2.45) is 0 Å². The maximum atomic E-state index is 12.7. The second-order valence-corrected chi connectivity index (χ2v) is 5.12. The lowest BCUT2D eigenvalue weighted by atomic mass is 10.2. The number of nitrogens with zero attached hydrogens (tertiary/aromatic N) is 3. The third kappa shape index (κ3) is 2.52. The zero-order valence-corrected chi connectivity index (χ0v) is 12.2. The molecule has 0 spiro atoms. The van der Waals surface area contributed by atoms with Crippen LogP contribution in [-0.2, 0) is 6.54 Å². The molecular weight excluding hydrogens is 262 g/mol. The van der Waals surface area contributed by atoms with Crippen LogP contribution in [0.15, 0.2) is 54.7 Å². The Morgan fingerprint density at radius 3 is 2.62 bits per heavy atom. The predicted molar refractivity (Wildman–Crippen MR) is 82.2 cm³/mol. The highest BCUT2D eigenvalue weighted by molar-refractivity contribution is 5.94. The van der Waals surface area contributed by atoms with E-state index in [4.69, 9.17) is 0 Å². The van der Waals surface area contributed by atoms with Crippen LogP contribution in [0.25, 0.3) is 5.65 Å². The average molecular weight is 279 g/mol. The van der Waals surface area contributed by atoms with E-state index in [0.29, 0.717) is 12.2 Å². The molecule has 0 aliphatic carbocycles. The van der Waals surface area contributed by atoms with Gasteiger partial charge in [-0.05, 0) is 24.6 Å². The van der Waals surface area contributed by atoms with Gasteiger partial charge in [-0.1, -0.05) is 36.4 Å². The van der Waals surface area contributed by atoms with Crippen molar-refractivity contribution < 1.29 is 4.79 Å². The number of carbonyl (C=O) groups is 1. The molecule has 0 aliphatic heterocycles. The lowest BCUT2D eigenvalue weighted by Gasteiger charge is -2.17. The third-order valence-electron chi connectivity index (χ3n) is 3.52. The van der Waals surface area contributed by atoms with Crippen molar-refractivity contribution in [1.82, 2.24) is 14.3 Å². The van der Waals surface area contributed by atoms with Crippen molar-refractivity contribution in [1.29, 1.82) is 0 Å². The molecule has 2 heterocycles. The van der Waals surface area contributed by atoms with Crippen molar-refractivity contribution in [3.8, 4) is 0 Å². The fraction of sp³-hybridized carbons (Fsp3) is 0.176. The van der Waals surface area contributed by atoms with Gasteiger partial charge in [0.15, 0.2) is 0 Å². The minimum absolute atomic E-state index is 0.0185. The van der Waals surface area contributed by atoms with Crippen LogP contribution in [-0.4, -0.2) is 27.2 Å². The zero-order chi connectivity index (χ0) is 14.8. The normalized spacial score (nSPS) is 10.8. The minimum Gasteiger partial charge on any atom is -0.336 e. The van der Waals surface area contributed by atoms with E-state index in [1.54, 1.807) is 4.90 Å².